The van der Waals surface area contributed by atoms with Crippen molar-refractivity contribution in [3.8, 4) is 11.6 Å². The van der Waals surface area contributed by atoms with Gasteiger partial charge in [-0.25, -0.2) is 9.36 Å². The fourth-order valence-corrected chi connectivity index (χ4v) is 8.37. The van der Waals surface area contributed by atoms with Crippen molar-refractivity contribution in [2.75, 3.05) is 5.01 Å². The van der Waals surface area contributed by atoms with E-state index >= 15 is 0 Å². The van der Waals surface area contributed by atoms with Gasteiger partial charge in [-0.15, -0.1) is 0 Å². The highest BCUT2D eigenvalue weighted by atomic mass is 16.3. The molecule has 8 nitrogen and oxygen atoms in total. The topological polar surface area (TPSA) is 108 Å². The van der Waals surface area contributed by atoms with Crippen molar-refractivity contribution >= 4 is 23.4 Å². The summed E-state index contributed by atoms with van der Waals surface area (Å²) in [7, 11) is 0. The van der Waals surface area contributed by atoms with Gasteiger partial charge in [-0.3, -0.25) is 14.6 Å². The normalized spacial score (nSPS) is 27.6. The Kier molecular flexibility index (Phi) is 5.75. The summed E-state index contributed by atoms with van der Waals surface area (Å²) in [6.45, 7) is 5.56. The van der Waals surface area contributed by atoms with E-state index in [1.165, 1.54) is 55.2 Å². The maximum Gasteiger partial charge on any atom is 0.335 e. The Hall–Kier alpha value is -4.20. The average Bonchev–Trinajstić information content (AvgIpc) is 3.18. The Labute approximate surface area is 238 Å². The summed E-state index contributed by atoms with van der Waals surface area (Å²) in [5.41, 5.74) is 3.47. The van der Waals surface area contributed by atoms with Crippen LogP contribution in [0.4, 0.5) is 5.69 Å². The van der Waals surface area contributed by atoms with Gasteiger partial charge in [-0.05, 0) is 118 Å². The van der Waals surface area contributed by atoms with Gasteiger partial charge in [0.05, 0.1) is 22.7 Å². The molecule has 8 heteroatoms. The molecule has 3 aromatic rings. The highest BCUT2D eigenvalue weighted by molar-refractivity contribution is 6.32. The van der Waals surface area contributed by atoms with Gasteiger partial charge in [0.15, 0.2) is 0 Å². The highest BCUT2D eigenvalue weighted by Crippen LogP contribution is 2.60. The molecule has 1 aliphatic heterocycles. The largest absolute Gasteiger partial charge is 0.494 e. The number of hydrogen-bond acceptors (Lipinski definition) is 5. The third kappa shape index (κ3) is 4.11. The second kappa shape index (κ2) is 9.16. The number of anilines is 1. The first kappa shape index (κ1) is 25.7. The summed E-state index contributed by atoms with van der Waals surface area (Å²) in [5, 5.41) is 17.0. The van der Waals surface area contributed by atoms with E-state index in [0.29, 0.717) is 17.1 Å². The minimum absolute atomic E-state index is 0.171. The molecular weight excluding hydrogens is 516 g/mol. The van der Waals surface area contributed by atoms with Crippen LogP contribution in [0.5, 0.6) is 5.88 Å². The number of aromatic amines is 1. The summed E-state index contributed by atoms with van der Waals surface area (Å²) in [6.07, 6.45) is 9.11. The molecule has 1 amide bonds. The number of benzene rings is 2. The number of aromatic nitrogens is 2. The first-order valence-corrected chi connectivity index (χ1v) is 14.5. The summed E-state index contributed by atoms with van der Waals surface area (Å²) >= 11 is 0. The van der Waals surface area contributed by atoms with E-state index in [2.05, 4.69) is 22.2 Å². The van der Waals surface area contributed by atoms with Gasteiger partial charge in [0.25, 0.3) is 11.5 Å². The Morgan fingerprint density at radius 3 is 2.17 bits per heavy atom. The molecule has 4 saturated carbocycles. The molecule has 210 valence electrons. The standard InChI is InChI=1S/C33H34N4O4/c1-18-4-9-28(19(2)10-18)37-31(40)26(20(3)35-37)14-27-29(38)34-32(41)36(30(27)39)25-7-5-24(6-8-25)33-15-21-11-22(16-33)13-23(12-21)17-33/h4-10,14,21-23,39H,11-13,15-17H2,1-3H3,(H,34,38,41)/b26-14-. The van der Waals surface area contributed by atoms with Crippen molar-refractivity contribution in [1.82, 2.24) is 9.55 Å². The quantitative estimate of drug-likeness (QED) is 0.440. The van der Waals surface area contributed by atoms with Crippen molar-refractivity contribution in [2.45, 2.75) is 64.7 Å². The van der Waals surface area contributed by atoms with Crippen LogP contribution < -0.4 is 16.3 Å². The summed E-state index contributed by atoms with van der Waals surface area (Å²) in [4.78, 5) is 41.5. The van der Waals surface area contributed by atoms with E-state index in [4.69, 9.17) is 0 Å². The van der Waals surface area contributed by atoms with Crippen LogP contribution in [0.25, 0.3) is 11.8 Å². The number of hydrazone groups is 1. The summed E-state index contributed by atoms with van der Waals surface area (Å²) in [6, 6.07) is 13.6. The van der Waals surface area contributed by atoms with Crippen LogP contribution >= 0.6 is 0 Å². The van der Waals surface area contributed by atoms with Crippen LogP contribution in [0.3, 0.4) is 0 Å². The van der Waals surface area contributed by atoms with Crippen LogP contribution in [0.2, 0.25) is 0 Å². The van der Waals surface area contributed by atoms with Crippen LogP contribution in [-0.2, 0) is 10.2 Å². The van der Waals surface area contributed by atoms with Crippen LogP contribution in [0, 0.1) is 31.6 Å². The fraction of sp³-hybridized carbons (Fsp3) is 0.394. The zero-order chi connectivity index (χ0) is 28.6. The molecule has 2 aromatic carbocycles. The number of H-pyrrole nitrogens is 1. The number of aryl methyl sites for hydroxylation is 2. The molecule has 2 N–H and O–H groups in total. The molecule has 0 spiro atoms. The molecule has 4 bridgehead atoms. The minimum atomic E-state index is -0.771. The lowest BCUT2D eigenvalue weighted by atomic mass is 9.48. The predicted octanol–water partition coefficient (Wildman–Crippen LogP) is 5.12. The third-order valence-corrected chi connectivity index (χ3v) is 9.83. The van der Waals surface area contributed by atoms with Crippen LogP contribution in [0.1, 0.15) is 67.7 Å². The first-order valence-electron chi connectivity index (χ1n) is 14.5. The van der Waals surface area contributed by atoms with E-state index in [0.717, 1.165) is 33.4 Å². The van der Waals surface area contributed by atoms with E-state index in [-0.39, 0.29) is 16.6 Å². The molecule has 2 heterocycles. The Morgan fingerprint density at radius 1 is 0.927 bits per heavy atom. The zero-order valence-corrected chi connectivity index (χ0v) is 23.6. The van der Waals surface area contributed by atoms with Gasteiger partial charge in [-0.1, -0.05) is 29.8 Å². The van der Waals surface area contributed by atoms with Gasteiger partial charge >= 0.3 is 5.69 Å². The molecule has 8 rings (SSSR count). The molecular formula is C33H34N4O4. The van der Waals surface area contributed by atoms with Crippen LogP contribution in [0.15, 0.2) is 62.7 Å². The van der Waals surface area contributed by atoms with Gasteiger partial charge in [0.2, 0.25) is 5.88 Å². The summed E-state index contributed by atoms with van der Waals surface area (Å²) < 4.78 is 1.09. The number of aromatic hydroxyl groups is 1. The SMILES string of the molecule is CC1=NN(c2ccc(C)cc2C)C(=O)/C1=C\c1c(O)n(-c2ccc(C34CC5CC(CC(C5)C3)C4)cc2)c(=O)[nH]c1=O. The molecule has 5 aliphatic rings. The lowest BCUT2D eigenvalue weighted by Crippen LogP contribution is -2.48. The fourth-order valence-electron chi connectivity index (χ4n) is 8.37. The van der Waals surface area contributed by atoms with E-state index < -0.39 is 23.0 Å². The number of carbonyl (C=O) groups is 1. The van der Waals surface area contributed by atoms with E-state index in [1.807, 2.05) is 44.2 Å². The molecule has 0 radical (unpaired) electrons. The molecule has 0 unspecified atom stereocenters. The maximum absolute atomic E-state index is 13.4. The lowest BCUT2D eigenvalue weighted by Gasteiger charge is -2.57. The maximum atomic E-state index is 13.4. The van der Waals surface area contributed by atoms with Crippen molar-refractivity contribution in [1.29, 1.82) is 0 Å². The molecule has 0 atom stereocenters. The number of rotatable bonds is 4. The van der Waals surface area contributed by atoms with E-state index in [9.17, 15) is 19.5 Å². The Balaban J connectivity index is 1.23. The smallest absolute Gasteiger partial charge is 0.335 e. The Bertz CT molecular complexity index is 1740. The van der Waals surface area contributed by atoms with Crippen molar-refractivity contribution in [3.05, 3.63) is 91.1 Å². The lowest BCUT2D eigenvalue weighted by molar-refractivity contribution is -0.114. The molecule has 4 aliphatic carbocycles. The van der Waals surface area contributed by atoms with Gasteiger partial charge in [0.1, 0.15) is 5.56 Å². The molecule has 41 heavy (non-hydrogen) atoms. The predicted molar refractivity (Wildman–Crippen MR) is 159 cm³/mol. The average molecular weight is 551 g/mol. The van der Waals surface area contributed by atoms with E-state index in [1.54, 1.807) is 6.92 Å². The van der Waals surface area contributed by atoms with Gasteiger partial charge < -0.3 is 5.11 Å². The zero-order valence-electron chi connectivity index (χ0n) is 23.6. The minimum Gasteiger partial charge on any atom is -0.494 e. The Morgan fingerprint density at radius 2 is 1.56 bits per heavy atom. The number of carbonyl (C=O) groups excluding carboxylic acids is 1. The van der Waals surface area contributed by atoms with Crippen molar-refractivity contribution < 1.29 is 9.90 Å². The molecule has 1 aromatic heterocycles. The number of hydrogen-bond donors (Lipinski definition) is 2. The first-order chi connectivity index (χ1) is 19.6. The third-order valence-electron chi connectivity index (χ3n) is 9.83. The molecule has 0 saturated heterocycles. The van der Waals surface area contributed by atoms with Crippen LogP contribution in [-0.4, -0.2) is 26.3 Å². The summed E-state index contributed by atoms with van der Waals surface area (Å²) in [5.74, 6) is 1.53. The highest BCUT2D eigenvalue weighted by Gasteiger charge is 2.51. The van der Waals surface area contributed by atoms with Crippen molar-refractivity contribution in [2.24, 2.45) is 22.9 Å². The van der Waals surface area contributed by atoms with Crippen molar-refractivity contribution in [3.63, 3.8) is 0 Å². The van der Waals surface area contributed by atoms with Gasteiger partial charge in [0, 0.05) is 0 Å². The number of amides is 1. The second-order valence-electron chi connectivity index (χ2n) is 12.7. The number of nitrogens with one attached hydrogen (secondary N) is 1. The van der Waals surface area contributed by atoms with Gasteiger partial charge in [-0.2, -0.15) is 10.1 Å². The monoisotopic (exact) mass is 550 g/mol. The molecule has 4 fully saturated rings. The number of nitrogens with zero attached hydrogens (tertiary/aromatic N) is 3. The second-order valence-corrected chi connectivity index (χ2v) is 12.7.